The van der Waals surface area contributed by atoms with Gasteiger partial charge in [-0.15, -0.1) is 24.0 Å². The van der Waals surface area contributed by atoms with E-state index in [1.165, 1.54) is 0 Å². The number of likely N-dealkylation sites (tertiary alicyclic amines) is 1. The van der Waals surface area contributed by atoms with Gasteiger partial charge in [0.1, 0.15) is 0 Å². The highest BCUT2D eigenvalue weighted by molar-refractivity contribution is 14.0. The monoisotopic (exact) mass is 506 g/mol. The lowest BCUT2D eigenvalue weighted by atomic mass is 9.98. The Labute approximate surface area is 185 Å². The van der Waals surface area contributed by atoms with Crippen LogP contribution in [-0.4, -0.2) is 78.4 Å². The predicted octanol–water partition coefficient (Wildman–Crippen LogP) is 1.88. The zero-order valence-corrected chi connectivity index (χ0v) is 20.1. The number of aromatic nitrogens is 2. The number of esters is 1. The second-order valence-corrected chi connectivity index (χ2v) is 7.16. The minimum atomic E-state index is -0.0976. The maximum atomic E-state index is 12.1. The van der Waals surface area contributed by atoms with Crippen LogP contribution in [0.3, 0.4) is 0 Å². The van der Waals surface area contributed by atoms with Crippen LogP contribution in [0.15, 0.2) is 17.4 Å². The van der Waals surface area contributed by atoms with Crippen molar-refractivity contribution in [2.75, 3.05) is 46.9 Å². The van der Waals surface area contributed by atoms with Gasteiger partial charge in [0.2, 0.25) is 0 Å². The Bertz CT molecular complexity index is 634. The first-order valence-electron chi connectivity index (χ1n) is 9.81. The highest BCUT2D eigenvalue weighted by Crippen LogP contribution is 2.20. The molecule has 1 aliphatic rings. The SMILES string of the molecule is CCNC(=NCC(c1cnn(C)c1)N(C)C)N1CCCC(C(=O)OCC)C1.I. The Hall–Kier alpha value is -1.36. The van der Waals surface area contributed by atoms with Gasteiger partial charge in [0, 0.05) is 38.4 Å². The highest BCUT2D eigenvalue weighted by Gasteiger charge is 2.28. The van der Waals surface area contributed by atoms with Crippen LogP contribution in [0.1, 0.15) is 38.3 Å². The molecule has 1 saturated heterocycles. The number of nitrogens with one attached hydrogen (secondary N) is 1. The van der Waals surface area contributed by atoms with E-state index in [2.05, 4.69) is 41.2 Å². The van der Waals surface area contributed by atoms with Gasteiger partial charge in [0.05, 0.1) is 31.3 Å². The lowest BCUT2D eigenvalue weighted by molar-refractivity contribution is -0.149. The van der Waals surface area contributed by atoms with Gasteiger partial charge in [-0.3, -0.25) is 14.5 Å². The summed E-state index contributed by atoms with van der Waals surface area (Å²) in [4.78, 5) is 21.4. The third kappa shape index (κ3) is 6.91. The van der Waals surface area contributed by atoms with Crippen LogP contribution in [0.25, 0.3) is 0 Å². The number of halogens is 1. The fourth-order valence-corrected chi connectivity index (χ4v) is 3.40. The lowest BCUT2D eigenvalue weighted by Gasteiger charge is -2.34. The molecule has 0 saturated carbocycles. The van der Waals surface area contributed by atoms with Crippen LogP contribution in [0.4, 0.5) is 0 Å². The number of ether oxygens (including phenoxy) is 1. The maximum Gasteiger partial charge on any atom is 0.310 e. The Morgan fingerprint density at radius 1 is 1.46 bits per heavy atom. The molecular weight excluding hydrogens is 471 g/mol. The minimum absolute atomic E-state index is 0. The minimum Gasteiger partial charge on any atom is -0.466 e. The summed E-state index contributed by atoms with van der Waals surface area (Å²) in [7, 11) is 6.03. The van der Waals surface area contributed by atoms with Crippen LogP contribution in [0, 0.1) is 5.92 Å². The Morgan fingerprint density at radius 3 is 2.79 bits per heavy atom. The van der Waals surface area contributed by atoms with Crippen LogP contribution in [-0.2, 0) is 16.6 Å². The largest absolute Gasteiger partial charge is 0.466 e. The number of carbonyl (C=O) groups is 1. The molecule has 2 rings (SSSR count). The van der Waals surface area contributed by atoms with Gasteiger partial charge in [-0.25, -0.2) is 0 Å². The molecule has 2 unspecified atom stereocenters. The lowest BCUT2D eigenvalue weighted by Crippen LogP contribution is -2.48. The van der Waals surface area contributed by atoms with Gasteiger partial charge in [0.15, 0.2) is 5.96 Å². The molecule has 160 valence electrons. The van der Waals surface area contributed by atoms with Crippen molar-refractivity contribution in [1.82, 2.24) is 24.9 Å². The van der Waals surface area contributed by atoms with Crippen LogP contribution in [0.5, 0.6) is 0 Å². The average Bonchev–Trinajstić information content (AvgIpc) is 3.07. The molecule has 8 nitrogen and oxygen atoms in total. The summed E-state index contributed by atoms with van der Waals surface area (Å²) in [5.74, 6) is 0.687. The number of piperidine rings is 1. The van der Waals surface area contributed by atoms with E-state index in [9.17, 15) is 4.79 Å². The first-order chi connectivity index (χ1) is 13.0. The summed E-state index contributed by atoms with van der Waals surface area (Å²) in [5, 5.41) is 7.66. The van der Waals surface area contributed by atoms with Crippen molar-refractivity contribution in [3.8, 4) is 0 Å². The van der Waals surface area contributed by atoms with Gasteiger partial charge >= 0.3 is 5.97 Å². The molecule has 1 N–H and O–H groups in total. The van der Waals surface area contributed by atoms with Crippen molar-refractivity contribution >= 4 is 35.9 Å². The van der Waals surface area contributed by atoms with Crippen molar-refractivity contribution in [3.63, 3.8) is 0 Å². The third-order valence-corrected chi connectivity index (χ3v) is 4.82. The molecule has 0 radical (unpaired) electrons. The van der Waals surface area contributed by atoms with Crippen molar-refractivity contribution < 1.29 is 9.53 Å². The fourth-order valence-electron chi connectivity index (χ4n) is 3.40. The second-order valence-electron chi connectivity index (χ2n) is 7.16. The van der Waals surface area contributed by atoms with E-state index in [0.717, 1.165) is 37.5 Å². The van der Waals surface area contributed by atoms with Crippen LogP contribution >= 0.6 is 24.0 Å². The van der Waals surface area contributed by atoms with Gasteiger partial charge < -0.3 is 19.9 Å². The fraction of sp³-hybridized carbons (Fsp3) is 0.737. The number of aliphatic imine (C=N–C) groups is 1. The topological polar surface area (TPSA) is 75.0 Å². The number of nitrogens with zero attached hydrogens (tertiary/aromatic N) is 5. The second kappa shape index (κ2) is 12.3. The molecule has 0 aromatic carbocycles. The number of likely N-dealkylation sites (N-methyl/N-ethyl adjacent to an activating group) is 1. The molecule has 0 amide bonds. The maximum absolute atomic E-state index is 12.1. The number of rotatable bonds is 7. The summed E-state index contributed by atoms with van der Waals surface area (Å²) < 4.78 is 7.03. The summed E-state index contributed by atoms with van der Waals surface area (Å²) >= 11 is 0. The van der Waals surface area contributed by atoms with E-state index in [1.54, 1.807) is 0 Å². The third-order valence-electron chi connectivity index (χ3n) is 4.82. The van der Waals surface area contributed by atoms with Crippen molar-refractivity contribution in [2.45, 2.75) is 32.7 Å². The highest BCUT2D eigenvalue weighted by atomic mass is 127. The van der Waals surface area contributed by atoms with Gasteiger partial charge in [0.25, 0.3) is 0 Å². The number of guanidine groups is 1. The Morgan fingerprint density at radius 2 is 2.21 bits per heavy atom. The van der Waals surface area contributed by atoms with Crippen molar-refractivity contribution in [2.24, 2.45) is 18.0 Å². The zero-order valence-electron chi connectivity index (χ0n) is 17.7. The first-order valence-corrected chi connectivity index (χ1v) is 9.81. The standard InChI is InChI=1S/C19H34N6O2.HI/c1-6-20-19(25-10-8-9-15(14-25)18(26)27-7-2)21-12-17(23(3)4)16-11-22-24(5)13-16;/h11,13,15,17H,6-10,12,14H2,1-5H3,(H,20,21);1H. The molecule has 28 heavy (non-hydrogen) atoms. The van der Waals surface area contributed by atoms with Crippen molar-refractivity contribution in [1.29, 1.82) is 0 Å². The number of hydrogen-bond donors (Lipinski definition) is 1. The first kappa shape index (κ1) is 24.7. The smallest absolute Gasteiger partial charge is 0.310 e. The average molecular weight is 506 g/mol. The molecule has 1 fully saturated rings. The Kier molecular flexibility index (Phi) is 10.8. The van der Waals surface area contributed by atoms with E-state index in [-0.39, 0.29) is 41.9 Å². The van der Waals surface area contributed by atoms with Crippen LogP contribution < -0.4 is 5.32 Å². The Balaban J connectivity index is 0.00000392. The van der Waals surface area contributed by atoms with Crippen LogP contribution in [0.2, 0.25) is 0 Å². The van der Waals surface area contributed by atoms with E-state index in [1.807, 2.05) is 31.0 Å². The molecule has 2 atom stereocenters. The van der Waals surface area contributed by atoms with E-state index in [0.29, 0.717) is 19.7 Å². The molecule has 2 heterocycles. The molecular formula is C19H35IN6O2. The zero-order chi connectivity index (χ0) is 19.8. The summed E-state index contributed by atoms with van der Waals surface area (Å²) in [5.41, 5.74) is 1.14. The molecule has 1 aromatic heterocycles. The van der Waals surface area contributed by atoms with Crippen molar-refractivity contribution in [3.05, 3.63) is 18.0 Å². The number of carbonyl (C=O) groups excluding carboxylic acids is 1. The molecule has 0 aliphatic carbocycles. The van der Waals surface area contributed by atoms with E-state index in [4.69, 9.17) is 9.73 Å². The van der Waals surface area contributed by atoms with Gasteiger partial charge in [-0.2, -0.15) is 5.10 Å². The quantitative estimate of drug-likeness (QED) is 0.264. The normalized spacial score (nSPS) is 18.6. The number of aryl methyl sites for hydroxylation is 1. The molecule has 1 aliphatic heterocycles. The predicted molar refractivity (Wildman–Crippen MR) is 122 cm³/mol. The molecule has 9 heteroatoms. The summed E-state index contributed by atoms with van der Waals surface area (Å²) in [6.45, 7) is 7.32. The summed E-state index contributed by atoms with van der Waals surface area (Å²) in [6.07, 6.45) is 5.77. The molecule has 0 spiro atoms. The number of hydrogen-bond acceptors (Lipinski definition) is 5. The van der Waals surface area contributed by atoms with Gasteiger partial charge in [-0.1, -0.05) is 0 Å². The summed E-state index contributed by atoms with van der Waals surface area (Å²) in [6, 6.07) is 0.151. The van der Waals surface area contributed by atoms with Gasteiger partial charge in [-0.05, 0) is 40.8 Å². The molecule has 1 aromatic rings. The van der Waals surface area contributed by atoms with E-state index >= 15 is 0 Å². The molecule has 0 bridgehead atoms. The van der Waals surface area contributed by atoms with E-state index < -0.39 is 0 Å².